The lowest BCUT2D eigenvalue weighted by molar-refractivity contribution is -0.121. The van der Waals surface area contributed by atoms with Gasteiger partial charge in [-0.05, 0) is 25.2 Å². The van der Waals surface area contributed by atoms with Gasteiger partial charge in [0.05, 0.1) is 0 Å². The molecule has 1 rings (SSSR count). The van der Waals surface area contributed by atoms with E-state index in [1.54, 1.807) is 0 Å². The summed E-state index contributed by atoms with van der Waals surface area (Å²) in [6.07, 6.45) is 3.82. The molecule has 68 valence electrons. The molecule has 0 saturated heterocycles. The van der Waals surface area contributed by atoms with Crippen LogP contribution in [-0.4, -0.2) is 5.78 Å². The van der Waals surface area contributed by atoms with Crippen LogP contribution >= 0.6 is 0 Å². The van der Waals surface area contributed by atoms with Crippen LogP contribution in [0, 0.1) is 11.8 Å². The molecule has 0 aromatic rings. The first-order valence-electron chi connectivity index (χ1n) is 4.84. The number of allylic oxidation sites excluding steroid dienone is 1. The second-order valence-corrected chi connectivity index (χ2v) is 3.90. The molecule has 1 heteroatoms. The quantitative estimate of drug-likeness (QED) is 0.589. The molecule has 1 aliphatic carbocycles. The van der Waals surface area contributed by atoms with Gasteiger partial charge in [0.2, 0.25) is 0 Å². The van der Waals surface area contributed by atoms with Crippen LogP contribution in [0.3, 0.4) is 0 Å². The summed E-state index contributed by atoms with van der Waals surface area (Å²) in [5.74, 6) is 1.33. The van der Waals surface area contributed by atoms with Gasteiger partial charge in [0.15, 0.2) is 0 Å². The Bertz CT molecular complexity index is 193. The van der Waals surface area contributed by atoms with Crippen molar-refractivity contribution in [2.75, 3.05) is 0 Å². The fourth-order valence-corrected chi connectivity index (χ4v) is 1.84. The molecule has 2 atom stereocenters. The van der Waals surface area contributed by atoms with Crippen LogP contribution in [0.25, 0.3) is 0 Å². The highest BCUT2D eigenvalue weighted by atomic mass is 16.1. The van der Waals surface area contributed by atoms with Crippen LogP contribution in [-0.2, 0) is 4.79 Å². The van der Waals surface area contributed by atoms with Gasteiger partial charge < -0.3 is 0 Å². The Morgan fingerprint density at radius 1 is 1.67 bits per heavy atom. The largest absolute Gasteiger partial charge is 0.299 e. The number of hydrogen-bond donors (Lipinski definition) is 0. The van der Waals surface area contributed by atoms with Gasteiger partial charge in [-0.3, -0.25) is 4.79 Å². The Morgan fingerprint density at radius 3 is 2.75 bits per heavy atom. The minimum atomic E-state index is 0.289. The minimum absolute atomic E-state index is 0.289. The van der Waals surface area contributed by atoms with E-state index >= 15 is 0 Å². The molecule has 0 spiro atoms. The lowest BCUT2D eigenvalue weighted by Gasteiger charge is -2.14. The average molecular weight is 166 g/mol. The van der Waals surface area contributed by atoms with Gasteiger partial charge >= 0.3 is 0 Å². The summed E-state index contributed by atoms with van der Waals surface area (Å²) in [6.45, 7) is 8.24. The molecule has 0 N–H and O–H groups in total. The Hall–Kier alpha value is -0.590. The van der Waals surface area contributed by atoms with E-state index < -0.39 is 0 Å². The topological polar surface area (TPSA) is 17.1 Å². The fourth-order valence-electron chi connectivity index (χ4n) is 1.84. The molecule has 0 radical (unpaired) electrons. The summed E-state index contributed by atoms with van der Waals surface area (Å²) in [5, 5.41) is 0. The van der Waals surface area contributed by atoms with Crippen LogP contribution in [0.15, 0.2) is 12.2 Å². The van der Waals surface area contributed by atoms with Crippen LogP contribution in [0.4, 0.5) is 0 Å². The molecular weight excluding hydrogens is 148 g/mol. The highest BCUT2D eigenvalue weighted by Crippen LogP contribution is 2.32. The van der Waals surface area contributed by atoms with Crippen molar-refractivity contribution in [1.29, 1.82) is 0 Å². The summed E-state index contributed by atoms with van der Waals surface area (Å²) in [5.41, 5.74) is 1.22. The van der Waals surface area contributed by atoms with Crippen molar-refractivity contribution >= 4 is 5.78 Å². The van der Waals surface area contributed by atoms with Crippen LogP contribution in [0.1, 0.15) is 39.5 Å². The third-order valence-electron chi connectivity index (χ3n) is 2.96. The second kappa shape index (κ2) is 3.88. The molecule has 0 amide bonds. The van der Waals surface area contributed by atoms with Gasteiger partial charge in [0.25, 0.3) is 0 Å². The number of hydrogen-bond acceptors (Lipinski definition) is 1. The summed E-state index contributed by atoms with van der Waals surface area (Å²) < 4.78 is 0. The molecule has 0 aliphatic heterocycles. The fraction of sp³-hybridized carbons (Fsp3) is 0.727. The monoisotopic (exact) mass is 166 g/mol. The Morgan fingerprint density at radius 2 is 2.33 bits per heavy atom. The lowest BCUT2D eigenvalue weighted by atomic mass is 9.90. The van der Waals surface area contributed by atoms with E-state index in [4.69, 9.17) is 0 Å². The summed E-state index contributed by atoms with van der Waals surface area (Å²) >= 11 is 0. The Balaban J connectivity index is 2.50. The number of Topliss-reactive ketones (excluding diaryl/α,β-unsaturated/α-hetero) is 1. The zero-order valence-corrected chi connectivity index (χ0v) is 8.10. The summed E-state index contributed by atoms with van der Waals surface area (Å²) in [7, 11) is 0. The van der Waals surface area contributed by atoms with Crippen molar-refractivity contribution < 1.29 is 4.79 Å². The van der Waals surface area contributed by atoms with E-state index in [-0.39, 0.29) is 5.92 Å². The predicted molar refractivity (Wildman–Crippen MR) is 50.9 cm³/mol. The number of carbonyl (C=O) groups excluding carboxylic acids is 1. The maximum absolute atomic E-state index is 11.4. The van der Waals surface area contributed by atoms with E-state index in [9.17, 15) is 4.79 Å². The van der Waals surface area contributed by atoms with E-state index in [2.05, 4.69) is 20.4 Å². The lowest BCUT2D eigenvalue weighted by Crippen LogP contribution is -2.12. The van der Waals surface area contributed by atoms with Crippen LogP contribution < -0.4 is 0 Å². The van der Waals surface area contributed by atoms with Crippen molar-refractivity contribution in [3.05, 3.63) is 12.2 Å². The number of rotatable bonds is 3. The smallest absolute Gasteiger partial charge is 0.136 e. The molecule has 1 saturated carbocycles. The van der Waals surface area contributed by atoms with Crippen molar-refractivity contribution in [3.63, 3.8) is 0 Å². The first-order chi connectivity index (χ1) is 5.65. The maximum atomic E-state index is 11.4. The van der Waals surface area contributed by atoms with E-state index in [0.717, 1.165) is 25.7 Å². The van der Waals surface area contributed by atoms with Crippen molar-refractivity contribution in [3.8, 4) is 0 Å². The third kappa shape index (κ3) is 1.96. The van der Waals surface area contributed by atoms with Gasteiger partial charge in [0, 0.05) is 12.3 Å². The number of ketones is 1. The van der Waals surface area contributed by atoms with E-state index in [0.29, 0.717) is 11.7 Å². The standard InChI is InChI=1S/C11H18O/c1-4-8(2)7-10-9(3)5-6-11(10)12/h9-10H,2,4-7H2,1,3H3/t9-,10-/m1/s1. The second-order valence-electron chi connectivity index (χ2n) is 3.90. The molecule has 1 aliphatic rings. The molecule has 0 aromatic heterocycles. The predicted octanol–water partition coefficient (Wildman–Crippen LogP) is 2.96. The average Bonchev–Trinajstić information content (AvgIpc) is 2.35. The molecular formula is C11H18O. The van der Waals surface area contributed by atoms with E-state index in [1.807, 2.05) is 0 Å². The van der Waals surface area contributed by atoms with Gasteiger partial charge in [-0.25, -0.2) is 0 Å². The van der Waals surface area contributed by atoms with Crippen LogP contribution in [0.5, 0.6) is 0 Å². The zero-order valence-electron chi connectivity index (χ0n) is 8.10. The molecule has 1 fully saturated rings. The summed E-state index contributed by atoms with van der Waals surface area (Å²) in [4.78, 5) is 11.4. The number of carbonyl (C=O) groups is 1. The SMILES string of the molecule is C=C(CC)C[C@H]1C(=O)CC[C@H]1C. The molecule has 0 aromatic carbocycles. The first kappa shape index (κ1) is 9.50. The molecule has 0 bridgehead atoms. The van der Waals surface area contributed by atoms with Crippen LogP contribution in [0.2, 0.25) is 0 Å². The minimum Gasteiger partial charge on any atom is -0.299 e. The Labute approximate surface area is 74.9 Å². The highest BCUT2D eigenvalue weighted by Gasteiger charge is 2.31. The zero-order chi connectivity index (χ0) is 9.14. The Kier molecular flexibility index (Phi) is 3.07. The third-order valence-corrected chi connectivity index (χ3v) is 2.96. The van der Waals surface area contributed by atoms with Crippen molar-refractivity contribution in [2.24, 2.45) is 11.8 Å². The van der Waals surface area contributed by atoms with Gasteiger partial charge in [-0.2, -0.15) is 0 Å². The normalized spacial score (nSPS) is 29.3. The van der Waals surface area contributed by atoms with E-state index in [1.165, 1.54) is 5.57 Å². The van der Waals surface area contributed by atoms with Gasteiger partial charge in [-0.1, -0.05) is 26.0 Å². The van der Waals surface area contributed by atoms with Gasteiger partial charge in [-0.15, -0.1) is 0 Å². The summed E-state index contributed by atoms with van der Waals surface area (Å²) in [6, 6.07) is 0. The van der Waals surface area contributed by atoms with Crippen molar-refractivity contribution in [1.82, 2.24) is 0 Å². The van der Waals surface area contributed by atoms with Gasteiger partial charge in [0.1, 0.15) is 5.78 Å². The maximum Gasteiger partial charge on any atom is 0.136 e. The first-order valence-corrected chi connectivity index (χ1v) is 4.84. The molecule has 0 heterocycles. The van der Waals surface area contributed by atoms with Crippen molar-refractivity contribution in [2.45, 2.75) is 39.5 Å². The molecule has 0 unspecified atom stereocenters. The molecule has 1 nitrogen and oxygen atoms in total. The highest BCUT2D eigenvalue weighted by molar-refractivity contribution is 5.83. The molecule has 12 heavy (non-hydrogen) atoms.